The molecule has 1 aliphatic heterocycles. The van der Waals surface area contributed by atoms with Crippen LogP contribution in [0, 0.1) is 20.8 Å². The van der Waals surface area contributed by atoms with Gasteiger partial charge in [0.25, 0.3) is 0 Å². The van der Waals surface area contributed by atoms with Crippen molar-refractivity contribution in [3.05, 3.63) is 41.2 Å². The van der Waals surface area contributed by atoms with Crippen molar-refractivity contribution in [3.63, 3.8) is 0 Å². The zero-order chi connectivity index (χ0) is 20.8. The van der Waals surface area contributed by atoms with E-state index in [1.54, 1.807) is 24.8 Å². The van der Waals surface area contributed by atoms with Gasteiger partial charge in [-0.25, -0.2) is 0 Å². The minimum Gasteiger partial charge on any atom is -0.360 e. The number of nitrogens with one attached hydrogen (secondary N) is 1. The molecule has 1 N–H and O–H groups in total. The third-order valence-corrected chi connectivity index (χ3v) is 6.05. The Morgan fingerprint density at radius 3 is 2.52 bits per heavy atom. The highest BCUT2D eigenvalue weighted by Gasteiger charge is 2.22. The second-order valence-corrected chi connectivity index (χ2v) is 8.54. The van der Waals surface area contributed by atoms with Gasteiger partial charge in [-0.2, -0.15) is 0 Å². The van der Waals surface area contributed by atoms with E-state index in [1.165, 1.54) is 16.0 Å². The lowest BCUT2D eigenvalue weighted by Gasteiger charge is -2.34. The van der Waals surface area contributed by atoms with E-state index in [2.05, 4.69) is 47.4 Å². The second-order valence-electron chi connectivity index (χ2n) is 7.37. The van der Waals surface area contributed by atoms with E-state index < -0.39 is 0 Å². The molecule has 0 bridgehead atoms. The Morgan fingerprint density at radius 1 is 1.10 bits per heavy atom. The molecule has 1 aromatic heterocycles. The van der Waals surface area contributed by atoms with E-state index in [1.807, 2.05) is 4.90 Å². The molecule has 156 valence electrons. The van der Waals surface area contributed by atoms with Crippen LogP contribution in [0.15, 0.2) is 33.7 Å². The standard InChI is InChI=1S/C21H28N4O3S/c1-15-4-5-18(12-16(15)2)29-11-6-21(27)25-9-7-24(8-10-25)14-20(26)22-19-13-17(3)28-23-19/h4-5,12-13H,6-11,14H2,1-3H3,(H,22,23,26). The fourth-order valence-electron chi connectivity index (χ4n) is 3.18. The first kappa shape index (κ1) is 21.4. The SMILES string of the molecule is Cc1cc(NC(=O)CN2CCN(C(=O)CCSc3ccc(C)c(C)c3)CC2)no1. The van der Waals surface area contributed by atoms with Crippen LogP contribution in [-0.2, 0) is 9.59 Å². The van der Waals surface area contributed by atoms with E-state index >= 15 is 0 Å². The number of piperazine rings is 1. The molecular weight excluding hydrogens is 388 g/mol. The van der Waals surface area contributed by atoms with Crippen molar-refractivity contribution >= 4 is 29.4 Å². The van der Waals surface area contributed by atoms with Gasteiger partial charge in [0.05, 0.1) is 6.54 Å². The number of amides is 2. The number of benzene rings is 1. The van der Waals surface area contributed by atoms with Crippen LogP contribution >= 0.6 is 11.8 Å². The van der Waals surface area contributed by atoms with Crippen LogP contribution in [0.25, 0.3) is 0 Å². The number of carbonyl (C=O) groups excluding carboxylic acids is 2. The van der Waals surface area contributed by atoms with Crippen LogP contribution in [0.4, 0.5) is 5.82 Å². The molecule has 0 radical (unpaired) electrons. The molecule has 1 aliphatic rings. The quantitative estimate of drug-likeness (QED) is 0.700. The Balaban J connectivity index is 1.35. The van der Waals surface area contributed by atoms with Crippen LogP contribution in [0.2, 0.25) is 0 Å². The monoisotopic (exact) mass is 416 g/mol. The van der Waals surface area contributed by atoms with E-state index in [0.29, 0.717) is 44.2 Å². The summed E-state index contributed by atoms with van der Waals surface area (Å²) in [7, 11) is 0. The first-order valence-corrected chi connectivity index (χ1v) is 10.8. The molecule has 1 saturated heterocycles. The predicted octanol–water partition coefficient (Wildman–Crippen LogP) is 2.86. The molecule has 2 aromatic rings. The summed E-state index contributed by atoms with van der Waals surface area (Å²) in [6.07, 6.45) is 0.531. The first-order chi connectivity index (χ1) is 13.9. The van der Waals surface area contributed by atoms with Gasteiger partial charge in [0.15, 0.2) is 5.82 Å². The van der Waals surface area contributed by atoms with Crippen LogP contribution in [-0.4, -0.2) is 65.2 Å². The maximum atomic E-state index is 12.5. The summed E-state index contributed by atoms with van der Waals surface area (Å²) in [6.45, 7) is 8.98. The highest BCUT2D eigenvalue weighted by Crippen LogP contribution is 2.22. The fourth-order valence-corrected chi connectivity index (χ4v) is 4.12. The predicted molar refractivity (Wildman–Crippen MR) is 114 cm³/mol. The molecule has 8 heteroatoms. The average molecular weight is 417 g/mol. The lowest BCUT2D eigenvalue weighted by Crippen LogP contribution is -2.50. The Bertz CT molecular complexity index is 859. The van der Waals surface area contributed by atoms with Crippen molar-refractivity contribution in [2.75, 3.05) is 43.8 Å². The van der Waals surface area contributed by atoms with Gasteiger partial charge >= 0.3 is 0 Å². The van der Waals surface area contributed by atoms with Gasteiger partial charge in [-0.15, -0.1) is 11.8 Å². The molecule has 0 spiro atoms. The van der Waals surface area contributed by atoms with Gasteiger partial charge in [-0.1, -0.05) is 11.2 Å². The molecule has 2 amide bonds. The minimum atomic E-state index is -0.122. The maximum Gasteiger partial charge on any atom is 0.239 e. The topological polar surface area (TPSA) is 78.7 Å². The van der Waals surface area contributed by atoms with Crippen molar-refractivity contribution in [3.8, 4) is 0 Å². The average Bonchev–Trinajstić information content (AvgIpc) is 3.09. The zero-order valence-electron chi connectivity index (χ0n) is 17.2. The number of hydrogen-bond donors (Lipinski definition) is 1. The summed E-state index contributed by atoms with van der Waals surface area (Å²) in [5.41, 5.74) is 2.56. The Hall–Kier alpha value is -2.32. The largest absolute Gasteiger partial charge is 0.360 e. The van der Waals surface area contributed by atoms with Crippen molar-refractivity contribution in [1.82, 2.24) is 15.0 Å². The summed E-state index contributed by atoms with van der Waals surface area (Å²) in [6, 6.07) is 8.10. The Labute approximate surface area is 175 Å². The number of rotatable bonds is 7. The maximum absolute atomic E-state index is 12.5. The minimum absolute atomic E-state index is 0.122. The molecule has 0 unspecified atom stereocenters. The Morgan fingerprint density at radius 2 is 1.86 bits per heavy atom. The number of anilines is 1. The van der Waals surface area contributed by atoms with E-state index in [9.17, 15) is 9.59 Å². The third kappa shape index (κ3) is 6.33. The van der Waals surface area contributed by atoms with Gasteiger partial charge < -0.3 is 14.7 Å². The zero-order valence-corrected chi connectivity index (χ0v) is 18.1. The van der Waals surface area contributed by atoms with E-state index in [0.717, 1.165) is 5.75 Å². The second kappa shape index (κ2) is 9.93. The fraction of sp³-hybridized carbons (Fsp3) is 0.476. The Kier molecular flexibility index (Phi) is 7.33. The molecule has 2 heterocycles. The van der Waals surface area contributed by atoms with Crippen molar-refractivity contribution in [2.45, 2.75) is 32.1 Å². The van der Waals surface area contributed by atoms with Crippen molar-refractivity contribution in [2.24, 2.45) is 0 Å². The third-order valence-electron chi connectivity index (χ3n) is 5.05. The van der Waals surface area contributed by atoms with Gasteiger partial charge in [-0.3, -0.25) is 14.5 Å². The van der Waals surface area contributed by atoms with E-state index in [-0.39, 0.29) is 18.4 Å². The summed E-state index contributed by atoms with van der Waals surface area (Å²) >= 11 is 1.72. The molecule has 29 heavy (non-hydrogen) atoms. The number of aromatic nitrogens is 1. The molecule has 0 aliphatic carbocycles. The highest BCUT2D eigenvalue weighted by atomic mass is 32.2. The molecule has 1 aromatic carbocycles. The molecular formula is C21H28N4O3S. The highest BCUT2D eigenvalue weighted by molar-refractivity contribution is 7.99. The summed E-state index contributed by atoms with van der Waals surface area (Å²) < 4.78 is 4.94. The van der Waals surface area contributed by atoms with Gasteiger partial charge in [0, 0.05) is 49.3 Å². The van der Waals surface area contributed by atoms with Crippen molar-refractivity contribution < 1.29 is 14.1 Å². The molecule has 1 fully saturated rings. The number of thioether (sulfide) groups is 1. The van der Waals surface area contributed by atoms with Crippen LogP contribution in [0.1, 0.15) is 23.3 Å². The van der Waals surface area contributed by atoms with Gasteiger partial charge in [0.2, 0.25) is 11.8 Å². The van der Waals surface area contributed by atoms with Gasteiger partial charge in [-0.05, 0) is 44.0 Å². The molecule has 0 saturated carbocycles. The first-order valence-electron chi connectivity index (χ1n) is 9.84. The number of hydrogen-bond acceptors (Lipinski definition) is 6. The van der Waals surface area contributed by atoms with E-state index in [4.69, 9.17) is 4.52 Å². The summed E-state index contributed by atoms with van der Waals surface area (Å²) in [5.74, 6) is 1.93. The van der Waals surface area contributed by atoms with Crippen molar-refractivity contribution in [1.29, 1.82) is 0 Å². The lowest BCUT2D eigenvalue weighted by molar-refractivity contribution is -0.132. The number of nitrogens with zero attached hydrogens (tertiary/aromatic N) is 3. The summed E-state index contributed by atoms with van der Waals surface area (Å²) in [4.78, 5) is 29.7. The van der Waals surface area contributed by atoms with Gasteiger partial charge in [0.1, 0.15) is 5.76 Å². The van der Waals surface area contributed by atoms with Crippen LogP contribution < -0.4 is 5.32 Å². The van der Waals surface area contributed by atoms with Crippen LogP contribution in [0.3, 0.4) is 0 Å². The number of carbonyl (C=O) groups is 2. The number of aryl methyl sites for hydroxylation is 3. The smallest absolute Gasteiger partial charge is 0.239 e. The molecule has 0 atom stereocenters. The normalized spacial score (nSPS) is 14.8. The molecule has 3 rings (SSSR count). The lowest BCUT2D eigenvalue weighted by atomic mass is 10.1. The van der Waals surface area contributed by atoms with Crippen LogP contribution in [0.5, 0.6) is 0 Å². The molecule has 7 nitrogen and oxygen atoms in total. The summed E-state index contributed by atoms with van der Waals surface area (Å²) in [5, 5.41) is 6.49.